The number of hydrogen-bond acceptors (Lipinski definition) is 2. The van der Waals surface area contributed by atoms with E-state index >= 15 is 0 Å². The molecule has 2 aromatic carbocycles. The minimum Gasteiger partial charge on any atom is -0.321 e. The van der Waals surface area contributed by atoms with Crippen molar-refractivity contribution in [3.8, 4) is 0 Å². The van der Waals surface area contributed by atoms with Gasteiger partial charge in [-0.15, -0.1) is 0 Å². The number of nitrogens with zero attached hydrogens (tertiary/aromatic N) is 1. The Labute approximate surface area is 199 Å². The lowest BCUT2D eigenvalue weighted by molar-refractivity contribution is -0.940. The predicted molar refractivity (Wildman–Crippen MR) is 134 cm³/mol. The number of amides is 1. The highest BCUT2D eigenvalue weighted by Gasteiger charge is 2.40. The van der Waals surface area contributed by atoms with Crippen molar-refractivity contribution in [2.75, 3.05) is 25.0 Å². The normalized spacial score (nSPS) is 23.4. The summed E-state index contributed by atoms with van der Waals surface area (Å²) in [5.74, 6) is 1.15. The highest BCUT2D eigenvalue weighted by molar-refractivity contribution is 5.93. The van der Waals surface area contributed by atoms with Gasteiger partial charge >= 0.3 is 0 Å². The molecule has 1 aliphatic heterocycles. The van der Waals surface area contributed by atoms with Crippen molar-refractivity contribution < 1.29 is 14.1 Å². The second kappa shape index (κ2) is 10.6. The van der Waals surface area contributed by atoms with Crippen LogP contribution in [0.2, 0.25) is 0 Å². The molecular formula is C29H39N2O2+. The molecule has 0 radical (unpaired) electrons. The summed E-state index contributed by atoms with van der Waals surface area (Å²) < 4.78 is 0.669. The van der Waals surface area contributed by atoms with Gasteiger partial charge in [-0.25, -0.2) is 0 Å². The SMILES string of the molecule is Cc1cccc(C)c1NC(=O)C[N+]1(Cc2ccccc2)CCCC(C(=O)CC2CCCC2)C1. The number of carbonyl (C=O) groups excluding carboxylic acids is 2. The van der Waals surface area contributed by atoms with Gasteiger partial charge in [0.1, 0.15) is 12.3 Å². The van der Waals surface area contributed by atoms with Gasteiger partial charge in [0, 0.05) is 17.7 Å². The van der Waals surface area contributed by atoms with Crippen LogP contribution in [0.25, 0.3) is 0 Å². The van der Waals surface area contributed by atoms with E-state index in [2.05, 4.69) is 29.6 Å². The zero-order valence-electron chi connectivity index (χ0n) is 20.3. The quantitative estimate of drug-likeness (QED) is 0.519. The van der Waals surface area contributed by atoms with Crippen LogP contribution in [-0.4, -0.2) is 35.8 Å². The highest BCUT2D eigenvalue weighted by atomic mass is 16.2. The summed E-state index contributed by atoms with van der Waals surface area (Å²) in [6.45, 7) is 7.01. The fraction of sp³-hybridized carbons (Fsp3) is 0.517. The summed E-state index contributed by atoms with van der Waals surface area (Å²) in [5, 5.41) is 3.20. The number of ketones is 1. The number of quaternary nitrogens is 1. The van der Waals surface area contributed by atoms with Crippen molar-refractivity contribution in [3.63, 3.8) is 0 Å². The molecule has 4 heteroatoms. The fourth-order valence-corrected chi connectivity index (χ4v) is 6.06. The number of likely N-dealkylation sites (tertiary alicyclic amines) is 1. The molecule has 0 aromatic heterocycles. The van der Waals surface area contributed by atoms with E-state index in [0.29, 0.717) is 22.7 Å². The first kappa shape index (κ1) is 23.7. The molecule has 2 fully saturated rings. The van der Waals surface area contributed by atoms with E-state index in [-0.39, 0.29) is 11.8 Å². The number of carbonyl (C=O) groups is 2. The van der Waals surface area contributed by atoms with Crippen LogP contribution in [0.1, 0.15) is 61.6 Å². The Bertz CT molecular complexity index is 945. The number of para-hydroxylation sites is 1. The van der Waals surface area contributed by atoms with E-state index < -0.39 is 0 Å². The van der Waals surface area contributed by atoms with Crippen molar-refractivity contribution in [1.82, 2.24) is 0 Å². The third kappa shape index (κ3) is 6.11. The molecule has 2 unspecified atom stereocenters. The molecule has 1 N–H and O–H groups in total. The van der Waals surface area contributed by atoms with E-state index in [1.54, 1.807) is 0 Å². The molecule has 4 nitrogen and oxygen atoms in total. The van der Waals surface area contributed by atoms with Crippen molar-refractivity contribution in [3.05, 3.63) is 65.2 Å². The van der Waals surface area contributed by atoms with Crippen LogP contribution in [0, 0.1) is 25.7 Å². The van der Waals surface area contributed by atoms with Crippen molar-refractivity contribution in [2.24, 2.45) is 11.8 Å². The van der Waals surface area contributed by atoms with Crippen LogP contribution in [0.5, 0.6) is 0 Å². The highest BCUT2D eigenvalue weighted by Crippen LogP contribution is 2.33. The molecule has 1 amide bonds. The molecule has 1 aliphatic carbocycles. The van der Waals surface area contributed by atoms with Gasteiger partial charge in [0.25, 0.3) is 5.91 Å². The van der Waals surface area contributed by atoms with Gasteiger partial charge in [-0.1, -0.05) is 74.2 Å². The maximum absolute atomic E-state index is 13.3. The Kier molecular flexibility index (Phi) is 7.64. The molecule has 2 aliphatic rings. The van der Waals surface area contributed by atoms with Crippen LogP contribution in [0.15, 0.2) is 48.5 Å². The van der Waals surface area contributed by atoms with Gasteiger partial charge in [-0.05, 0) is 43.7 Å². The van der Waals surface area contributed by atoms with E-state index in [1.165, 1.54) is 31.2 Å². The first-order valence-corrected chi connectivity index (χ1v) is 12.7. The Morgan fingerprint density at radius 3 is 2.30 bits per heavy atom. The lowest BCUT2D eigenvalue weighted by atomic mass is 9.86. The smallest absolute Gasteiger partial charge is 0.279 e. The average Bonchev–Trinajstić information content (AvgIpc) is 3.30. The minimum atomic E-state index is 0.0484. The van der Waals surface area contributed by atoms with Gasteiger partial charge in [0.05, 0.1) is 19.0 Å². The molecule has 0 spiro atoms. The maximum atomic E-state index is 13.3. The first-order valence-electron chi connectivity index (χ1n) is 12.7. The van der Waals surface area contributed by atoms with Crippen LogP contribution in [0.4, 0.5) is 5.69 Å². The lowest BCUT2D eigenvalue weighted by Gasteiger charge is -2.44. The molecule has 4 rings (SSSR count). The topological polar surface area (TPSA) is 46.2 Å². The van der Waals surface area contributed by atoms with Crippen LogP contribution >= 0.6 is 0 Å². The molecule has 2 atom stereocenters. The molecule has 1 heterocycles. The van der Waals surface area contributed by atoms with Gasteiger partial charge < -0.3 is 9.80 Å². The van der Waals surface area contributed by atoms with Crippen LogP contribution in [-0.2, 0) is 16.1 Å². The van der Waals surface area contributed by atoms with Crippen molar-refractivity contribution in [1.29, 1.82) is 0 Å². The number of rotatable bonds is 8. The number of hydrogen-bond donors (Lipinski definition) is 1. The Morgan fingerprint density at radius 1 is 0.909 bits per heavy atom. The van der Waals surface area contributed by atoms with E-state index in [9.17, 15) is 9.59 Å². The first-order chi connectivity index (χ1) is 15.9. The molecular weight excluding hydrogens is 408 g/mol. The molecule has 0 bridgehead atoms. The van der Waals surface area contributed by atoms with Crippen LogP contribution < -0.4 is 5.32 Å². The Balaban J connectivity index is 1.51. The van der Waals surface area contributed by atoms with Crippen molar-refractivity contribution >= 4 is 17.4 Å². The number of Topliss-reactive ketones (excluding diaryl/α,β-unsaturated/α-hetero) is 1. The summed E-state index contributed by atoms with van der Waals surface area (Å²) in [6.07, 6.45) is 7.68. The summed E-state index contributed by atoms with van der Waals surface area (Å²) in [6, 6.07) is 16.6. The van der Waals surface area contributed by atoms with Gasteiger partial charge in [-0.2, -0.15) is 0 Å². The molecule has 176 valence electrons. The van der Waals surface area contributed by atoms with Gasteiger partial charge in [-0.3, -0.25) is 9.59 Å². The third-order valence-corrected chi connectivity index (χ3v) is 7.80. The summed E-state index contributed by atoms with van der Waals surface area (Å²) in [7, 11) is 0. The standard InChI is InChI=1S/C29H38N2O2/c1-22-10-8-11-23(2)29(22)30-28(33)21-31(19-25-14-4-3-5-15-25)17-9-16-26(20-31)27(32)18-24-12-6-7-13-24/h3-5,8,10-11,14-15,24,26H,6-7,9,12-13,16-21H2,1-2H3/p+1. The van der Waals surface area contributed by atoms with E-state index in [1.807, 2.05) is 38.1 Å². The molecule has 1 saturated heterocycles. The zero-order chi connectivity index (χ0) is 23.3. The third-order valence-electron chi connectivity index (χ3n) is 7.80. The monoisotopic (exact) mass is 447 g/mol. The Hall–Kier alpha value is -2.46. The summed E-state index contributed by atoms with van der Waals surface area (Å²) in [5.41, 5.74) is 4.33. The van der Waals surface area contributed by atoms with E-state index in [4.69, 9.17) is 0 Å². The van der Waals surface area contributed by atoms with E-state index in [0.717, 1.165) is 55.7 Å². The fourth-order valence-electron chi connectivity index (χ4n) is 6.06. The average molecular weight is 448 g/mol. The zero-order valence-corrected chi connectivity index (χ0v) is 20.3. The second-order valence-corrected chi connectivity index (χ2v) is 10.5. The van der Waals surface area contributed by atoms with Gasteiger partial charge in [0.2, 0.25) is 0 Å². The summed E-state index contributed by atoms with van der Waals surface area (Å²) >= 11 is 0. The molecule has 1 saturated carbocycles. The predicted octanol–water partition coefficient (Wildman–Crippen LogP) is 5.82. The Morgan fingerprint density at radius 2 is 1.61 bits per heavy atom. The lowest BCUT2D eigenvalue weighted by Crippen LogP contribution is -2.57. The number of anilines is 1. The number of benzene rings is 2. The van der Waals surface area contributed by atoms with Gasteiger partial charge in [0.15, 0.2) is 6.54 Å². The molecule has 2 aromatic rings. The second-order valence-electron chi connectivity index (χ2n) is 10.5. The molecule has 33 heavy (non-hydrogen) atoms. The largest absolute Gasteiger partial charge is 0.321 e. The maximum Gasteiger partial charge on any atom is 0.279 e. The van der Waals surface area contributed by atoms with Crippen molar-refractivity contribution in [2.45, 2.75) is 65.3 Å². The summed E-state index contributed by atoms with van der Waals surface area (Å²) in [4.78, 5) is 26.6. The number of aryl methyl sites for hydroxylation is 2. The minimum absolute atomic E-state index is 0.0484. The number of nitrogens with one attached hydrogen (secondary N) is 1. The number of piperidine rings is 1. The van der Waals surface area contributed by atoms with Crippen LogP contribution in [0.3, 0.4) is 0 Å².